The molecule has 0 atom stereocenters. The maximum Gasteiger partial charge on any atom is 0.156 e. The fraction of sp³-hybridized carbons (Fsp3) is 0.583. The second-order valence-electron chi connectivity index (χ2n) is 4.67. The molecule has 0 bridgehead atoms. The zero-order valence-electron chi connectivity index (χ0n) is 10.0. The average Bonchev–Trinajstić information content (AvgIpc) is 2.40. The van der Waals surface area contributed by atoms with E-state index in [-0.39, 0.29) is 17.3 Å². The molecular formula is C12H16ClN3O2. The molecule has 0 unspecified atom stereocenters. The lowest BCUT2D eigenvalue weighted by molar-refractivity contribution is 0.112. The van der Waals surface area contributed by atoms with Gasteiger partial charge in [-0.2, -0.15) is 0 Å². The Kier molecular flexibility index (Phi) is 4.14. The predicted molar refractivity (Wildman–Crippen MR) is 69.0 cm³/mol. The van der Waals surface area contributed by atoms with Gasteiger partial charge in [0.25, 0.3) is 0 Å². The van der Waals surface area contributed by atoms with E-state index in [9.17, 15) is 9.90 Å². The zero-order valence-corrected chi connectivity index (χ0v) is 10.8. The third kappa shape index (κ3) is 2.62. The van der Waals surface area contributed by atoms with Gasteiger partial charge < -0.3 is 10.4 Å². The molecule has 0 radical (unpaired) electrons. The molecule has 1 aliphatic rings. The van der Waals surface area contributed by atoms with Gasteiger partial charge in [0.1, 0.15) is 17.3 Å². The number of aromatic nitrogens is 2. The standard InChI is InChI=1S/C12H16ClN3O2/c13-10-9(6-17)11(15-8-14-10)16-12(7-18)4-2-1-3-5-12/h6,8,18H,1-5,7H2,(H,14,15,16). The van der Waals surface area contributed by atoms with Crippen LogP contribution in [0, 0.1) is 0 Å². The van der Waals surface area contributed by atoms with Gasteiger partial charge in [-0.3, -0.25) is 4.79 Å². The first-order chi connectivity index (χ1) is 8.71. The second-order valence-corrected chi connectivity index (χ2v) is 5.03. The van der Waals surface area contributed by atoms with E-state index in [0.717, 1.165) is 25.7 Å². The molecule has 2 rings (SSSR count). The van der Waals surface area contributed by atoms with E-state index in [1.807, 2.05) is 0 Å². The van der Waals surface area contributed by atoms with Gasteiger partial charge >= 0.3 is 0 Å². The van der Waals surface area contributed by atoms with Gasteiger partial charge in [0.15, 0.2) is 6.29 Å². The number of carbonyl (C=O) groups is 1. The number of rotatable bonds is 4. The Balaban J connectivity index is 2.26. The van der Waals surface area contributed by atoms with Crippen molar-refractivity contribution in [1.82, 2.24) is 9.97 Å². The van der Waals surface area contributed by atoms with Gasteiger partial charge in [0.2, 0.25) is 0 Å². The van der Waals surface area contributed by atoms with Crippen molar-refractivity contribution >= 4 is 23.7 Å². The van der Waals surface area contributed by atoms with Crippen molar-refractivity contribution < 1.29 is 9.90 Å². The fourth-order valence-corrected chi connectivity index (χ4v) is 2.56. The van der Waals surface area contributed by atoms with Crippen LogP contribution in [-0.4, -0.2) is 33.5 Å². The van der Waals surface area contributed by atoms with Crippen LogP contribution in [0.2, 0.25) is 5.15 Å². The predicted octanol–water partition coefficient (Wildman–Crippen LogP) is 2.05. The van der Waals surface area contributed by atoms with Gasteiger partial charge in [-0.25, -0.2) is 9.97 Å². The topological polar surface area (TPSA) is 75.1 Å². The molecule has 0 amide bonds. The van der Waals surface area contributed by atoms with Crippen LogP contribution in [-0.2, 0) is 0 Å². The highest BCUT2D eigenvalue weighted by Crippen LogP contribution is 2.32. The highest BCUT2D eigenvalue weighted by molar-refractivity contribution is 6.32. The van der Waals surface area contributed by atoms with Crippen LogP contribution < -0.4 is 5.32 Å². The molecule has 0 aliphatic heterocycles. The molecular weight excluding hydrogens is 254 g/mol. The smallest absolute Gasteiger partial charge is 0.156 e. The van der Waals surface area contributed by atoms with E-state index in [1.54, 1.807) is 0 Å². The summed E-state index contributed by atoms with van der Waals surface area (Å²) in [4.78, 5) is 18.8. The first kappa shape index (κ1) is 13.2. The van der Waals surface area contributed by atoms with Gasteiger partial charge in [-0.1, -0.05) is 30.9 Å². The maximum absolute atomic E-state index is 11.0. The Bertz CT molecular complexity index is 433. The van der Waals surface area contributed by atoms with Crippen LogP contribution in [0.1, 0.15) is 42.5 Å². The molecule has 1 aliphatic carbocycles. The van der Waals surface area contributed by atoms with Gasteiger partial charge in [-0.05, 0) is 12.8 Å². The van der Waals surface area contributed by atoms with Crippen molar-refractivity contribution in [2.24, 2.45) is 0 Å². The number of hydrogen-bond acceptors (Lipinski definition) is 5. The van der Waals surface area contributed by atoms with E-state index in [2.05, 4.69) is 15.3 Å². The Morgan fingerprint density at radius 3 is 2.72 bits per heavy atom. The molecule has 1 heterocycles. The number of carbonyl (C=O) groups excluding carboxylic acids is 1. The summed E-state index contributed by atoms with van der Waals surface area (Å²) >= 11 is 5.85. The Morgan fingerprint density at radius 2 is 2.11 bits per heavy atom. The minimum Gasteiger partial charge on any atom is -0.394 e. The lowest BCUT2D eigenvalue weighted by Gasteiger charge is -2.37. The summed E-state index contributed by atoms with van der Waals surface area (Å²) in [6, 6.07) is 0. The maximum atomic E-state index is 11.0. The highest BCUT2D eigenvalue weighted by Gasteiger charge is 2.32. The number of aliphatic hydroxyl groups is 1. The SMILES string of the molecule is O=Cc1c(Cl)ncnc1NC1(CO)CCCCC1. The third-order valence-corrected chi connectivity index (χ3v) is 3.75. The second kappa shape index (κ2) is 5.63. The summed E-state index contributed by atoms with van der Waals surface area (Å²) in [5.41, 5.74) is -0.147. The molecule has 1 saturated carbocycles. The minimum atomic E-state index is -0.395. The lowest BCUT2D eigenvalue weighted by Crippen LogP contribution is -2.44. The van der Waals surface area contributed by atoms with Crippen molar-refractivity contribution in [2.45, 2.75) is 37.6 Å². The summed E-state index contributed by atoms with van der Waals surface area (Å²) in [5.74, 6) is 0.404. The average molecular weight is 270 g/mol. The minimum absolute atomic E-state index is 0.0208. The van der Waals surface area contributed by atoms with E-state index in [4.69, 9.17) is 11.6 Å². The summed E-state index contributed by atoms with van der Waals surface area (Å²) < 4.78 is 0. The van der Waals surface area contributed by atoms with Crippen LogP contribution in [0.3, 0.4) is 0 Å². The van der Waals surface area contributed by atoms with Crippen LogP contribution in [0.25, 0.3) is 0 Å². The number of hydrogen-bond donors (Lipinski definition) is 2. The first-order valence-electron chi connectivity index (χ1n) is 6.05. The number of anilines is 1. The summed E-state index contributed by atoms with van der Waals surface area (Å²) in [5, 5.41) is 12.9. The molecule has 1 aromatic rings. The molecule has 2 N–H and O–H groups in total. The molecule has 5 nitrogen and oxygen atoms in total. The van der Waals surface area contributed by atoms with Crippen LogP contribution in [0.4, 0.5) is 5.82 Å². The molecule has 98 valence electrons. The van der Waals surface area contributed by atoms with E-state index >= 15 is 0 Å². The monoisotopic (exact) mass is 269 g/mol. The molecule has 6 heteroatoms. The highest BCUT2D eigenvalue weighted by atomic mass is 35.5. The number of halogens is 1. The number of nitrogens with one attached hydrogen (secondary N) is 1. The summed E-state index contributed by atoms with van der Waals surface area (Å²) in [7, 11) is 0. The molecule has 0 aromatic carbocycles. The van der Waals surface area contributed by atoms with Gasteiger partial charge in [0.05, 0.1) is 17.7 Å². The van der Waals surface area contributed by atoms with Crippen LogP contribution in [0.5, 0.6) is 0 Å². The summed E-state index contributed by atoms with van der Waals surface area (Å²) in [6.07, 6.45) is 6.97. The number of aliphatic hydroxyl groups excluding tert-OH is 1. The Labute approximate surface area is 111 Å². The normalized spacial score (nSPS) is 18.3. The van der Waals surface area contributed by atoms with Crippen molar-refractivity contribution in [3.63, 3.8) is 0 Å². The Morgan fingerprint density at radius 1 is 1.39 bits per heavy atom. The van der Waals surface area contributed by atoms with Crippen molar-refractivity contribution in [2.75, 3.05) is 11.9 Å². The Hall–Kier alpha value is -1.20. The number of aldehydes is 1. The quantitative estimate of drug-likeness (QED) is 0.646. The lowest BCUT2D eigenvalue weighted by atomic mass is 9.82. The molecule has 1 aromatic heterocycles. The first-order valence-corrected chi connectivity index (χ1v) is 6.43. The largest absolute Gasteiger partial charge is 0.394 e. The molecule has 18 heavy (non-hydrogen) atoms. The van der Waals surface area contributed by atoms with Gasteiger partial charge in [-0.15, -0.1) is 0 Å². The zero-order chi connectivity index (χ0) is 13.0. The van der Waals surface area contributed by atoms with E-state index < -0.39 is 5.54 Å². The fourth-order valence-electron chi connectivity index (χ4n) is 2.38. The van der Waals surface area contributed by atoms with Crippen LogP contribution >= 0.6 is 11.6 Å². The molecule has 1 fully saturated rings. The van der Waals surface area contributed by atoms with Gasteiger partial charge in [0, 0.05) is 0 Å². The van der Waals surface area contributed by atoms with Crippen LogP contribution in [0.15, 0.2) is 6.33 Å². The third-order valence-electron chi connectivity index (χ3n) is 3.45. The van der Waals surface area contributed by atoms with Crippen molar-refractivity contribution in [1.29, 1.82) is 0 Å². The molecule has 0 saturated heterocycles. The van der Waals surface area contributed by atoms with E-state index in [1.165, 1.54) is 12.7 Å². The van der Waals surface area contributed by atoms with E-state index in [0.29, 0.717) is 12.1 Å². The molecule has 0 spiro atoms. The van der Waals surface area contributed by atoms with Crippen molar-refractivity contribution in [3.8, 4) is 0 Å². The summed E-state index contributed by atoms with van der Waals surface area (Å²) in [6.45, 7) is 0.0208. The van der Waals surface area contributed by atoms with Crippen molar-refractivity contribution in [3.05, 3.63) is 17.0 Å². The number of nitrogens with zero attached hydrogens (tertiary/aromatic N) is 2.